The van der Waals surface area contributed by atoms with Gasteiger partial charge in [-0.1, -0.05) is 17.7 Å². The molecule has 3 heterocycles. The predicted molar refractivity (Wildman–Crippen MR) is 90.1 cm³/mol. The molecule has 1 amide bonds. The third kappa shape index (κ3) is 4.07. The van der Waals surface area contributed by atoms with Crippen molar-refractivity contribution >= 4 is 34.7 Å². The molecule has 9 heteroatoms. The van der Waals surface area contributed by atoms with Crippen molar-refractivity contribution in [2.45, 2.75) is 12.6 Å². The zero-order valence-electron chi connectivity index (χ0n) is 13.1. The van der Waals surface area contributed by atoms with Crippen LogP contribution in [0.2, 0.25) is 5.02 Å². The molecule has 0 atom stereocenters. The fraction of sp³-hybridized carbons (Fsp3) is 0.375. The van der Waals surface area contributed by atoms with Crippen LogP contribution in [0.3, 0.4) is 0 Å². The van der Waals surface area contributed by atoms with Crippen LogP contribution in [0.4, 0.5) is 19.0 Å². The normalized spacial score (nSPS) is 16.0. The van der Waals surface area contributed by atoms with Crippen LogP contribution < -0.4 is 9.88 Å². The Bertz CT molecular complexity index is 752. The number of carbonyl (C=O) groups excluding carboxylic acids is 1. The minimum Gasteiger partial charge on any atom is -0.334 e. The fourth-order valence-corrected chi connectivity index (χ4v) is 3.75. The van der Waals surface area contributed by atoms with E-state index in [2.05, 4.69) is 4.98 Å². The van der Waals surface area contributed by atoms with Crippen LogP contribution in [-0.2, 0) is 6.18 Å². The number of nitrogens with zero attached hydrogens (tertiary/aromatic N) is 2. The van der Waals surface area contributed by atoms with E-state index in [1.807, 2.05) is 16.3 Å². The van der Waals surface area contributed by atoms with Gasteiger partial charge in [0.2, 0.25) is 0 Å². The second-order valence-corrected chi connectivity index (χ2v) is 7.05. The highest BCUT2D eigenvalue weighted by molar-refractivity contribution is 7.12. The van der Waals surface area contributed by atoms with Crippen LogP contribution in [0.25, 0.3) is 0 Å². The Labute approximate surface area is 151 Å². The number of amides is 1. The summed E-state index contributed by atoms with van der Waals surface area (Å²) in [5.41, 5.74) is -0.814. The molecule has 2 aromatic heterocycles. The number of alkyl halides is 3. The Morgan fingerprint density at radius 1 is 1.24 bits per heavy atom. The average Bonchev–Trinajstić information content (AvgIpc) is 2.98. The van der Waals surface area contributed by atoms with E-state index in [1.54, 1.807) is 11.0 Å². The van der Waals surface area contributed by atoms with Crippen molar-refractivity contribution in [3.63, 3.8) is 0 Å². The van der Waals surface area contributed by atoms with Crippen LogP contribution in [-0.4, -0.2) is 37.0 Å². The molecular formula is C16H16ClF3N3OS+. The van der Waals surface area contributed by atoms with Crippen molar-refractivity contribution in [1.82, 2.24) is 4.90 Å². The van der Waals surface area contributed by atoms with Crippen molar-refractivity contribution in [3.8, 4) is 0 Å². The third-order valence-electron chi connectivity index (χ3n) is 4.03. The first-order valence-corrected chi connectivity index (χ1v) is 8.98. The molecule has 1 aliphatic rings. The molecule has 1 fully saturated rings. The first-order chi connectivity index (χ1) is 11.9. The number of aromatic amines is 1. The molecule has 1 N–H and O–H groups in total. The second kappa shape index (κ2) is 7.21. The number of H-pyrrole nitrogens is 1. The molecule has 1 saturated heterocycles. The summed E-state index contributed by atoms with van der Waals surface area (Å²) in [7, 11) is 0. The summed E-state index contributed by atoms with van der Waals surface area (Å²) < 4.78 is 38.2. The first kappa shape index (κ1) is 18.0. The van der Waals surface area contributed by atoms with E-state index in [0.29, 0.717) is 43.3 Å². The fourth-order valence-electron chi connectivity index (χ4n) is 2.77. The van der Waals surface area contributed by atoms with Crippen LogP contribution in [0.5, 0.6) is 0 Å². The largest absolute Gasteiger partial charge is 0.419 e. The summed E-state index contributed by atoms with van der Waals surface area (Å²) in [5, 5.41) is 1.88. The van der Waals surface area contributed by atoms with Crippen LogP contribution in [0.1, 0.15) is 21.7 Å². The summed E-state index contributed by atoms with van der Waals surface area (Å²) in [6, 6.07) is 4.54. The number of hydrogen-bond acceptors (Lipinski definition) is 3. The minimum absolute atomic E-state index is 0.0145. The van der Waals surface area contributed by atoms with Crippen molar-refractivity contribution in [1.29, 1.82) is 0 Å². The van der Waals surface area contributed by atoms with E-state index in [9.17, 15) is 18.0 Å². The lowest BCUT2D eigenvalue weighted by Crippen LogP contribution is -2.36. The molecule has 2 aromatic rings. The molecule has 1 aliphatic heterocycles. The number of nitrogens with one attached hydrogen (secondary N) is 1. The summed E-state index contributed by atoms with van der Waals surface area (Å²) in [6.45, 7) is 2.20. The Morgan fingerprint density at radius 3 is 2.68 bits per heavy atom. The Kier molecular flexibility index (Phi) is 5.19. The topological polar surface area (TPSA) is 37.7 Å². The van der Waals surface area contributed by atoms with E-state index < -0.39 is 11.7 Å². The molecule has 0 saturated carbocycles. The number of rotatable bonds is 2. The van der Waals surface area contributed by atoms with Crippen LogP contribution in [0, 0.1) is 0 Å². The summed E-state index contributed by atoms with van der Waals surface area (Å²) in [6.07, 6.45) is -2.82. The molecule has 3 rings (SSSR count). The maximum absolute atomic E-state index is 12.7. The lowest BCUT2D eigenvalue weighted by molar-refractivity contribution is -0.367. The van der Waals surface area contributed by atoms with Crippen molar-refractivity contribution in [3.05, 3.63) is 45.2 Å². The van der Waals surface area contributed by atoms with Gasteiger partial charge in [-0.3, -0.25) is 9.69 Å². The maximum atomic E-state index is 12.7. The van der Waals surface area contributed by atoms with Gasteiger partial charge in [0.25, 0.3) is 11.7 Å². The molecule has 0 radical (unpaired) electrons. The number of halogens is 4. The minimum atomic E-state index is -4.44. The van der Waals surface area contributed by atoms with E-state index in [-0.39, 0.29) is 10.9 Å². The van der Waals surface area contributed by atoms with Gasteiger partial charge < -0.3 is 4.90 Å². The Balaban J connectivity index is 1.72. The molecule has 0 bridgehead atoms. The summed E-state index contributed by atoms with van der Waals surface area (Å²) in [4.78, 5) is 19.4. The highest BCUT2D eigenvalue weighted by Crippen LogP contribution is 2.32. The van der Waals surface area contributed by atoms with Crippen LogP contribution >= 0.6 is 22.9 Å². The monoisotopic (exact) mass is 390 g/mol. The number of thiophene rings is 1. The molecule has 0 spiro atoms. The Hall–Kier alpha value is -1.80. The quantitative estimate of drug-likeness (QED) is 0.786. The number of aromatic nitrogens is 1. The van der Waals surface area contributed by atoms with Gasteiger partial charge in [0, 0.05) is 13.0 Å². The van der Waals surface area contributed by atoms with Gasteiger partial charge in [0.15, 0.2) is 0 Å². The van der Waals surface area contributed by atoms with Gasteiger partial charge in [-0.15, -0.1) is 11.3 Å². The highest BCUT2D eigenvalue weighted by atomic mass is 35.5. The van der Waals surface area contributed by atoms with Gasteiger partial charge in [-0.2, -0.15) is 13.2 Å². The van der Waals surface area contributed by atoms with E-state index in [1.165, 1.54) is 11.3 Å². The smallest absolute Gasteiger partial charge is 0.334 e. The first-order valence-electron chi connectivity index (χ1n) is 7.72. The molecule has 4 nitrogen and oxygen atoms in total. The molecular weight excluding hydrogens is 375 g/mol. The predicted octanol–water partition coefficient (Wildman–Crippen LogP) is 3.59. The summed E-state index contributed by atoms with van der Waals surface area (Å²) in [5.74, 6) is 0.430. The Morgan fingerprint density at radius 2 is 2.04 bits per heavy atom. The van der Waals surface area contributed by atoms with E-state index in [0.717, 1.165) is 12.3 Å². The van der Waals surface area contributed by atoms with Gasteiger partial charge >= 0.3 is 6.18 Å². The van der Waals surface area contributed by atoms with Gasteiger partial charge in [-0.25, -0.2) is 4.98 Å². The maximum Gasteiger partial charge on any atom is 0.419 e. The second-order valence-electron chi connectivity index (χ2n) is 5.69. The van der Waals surface area contributed by atoms with E-state index >= 15 is 0 Å². The zero-order valence-corrected chi connectivity index (χ0v) is 14.7. The van der Waals surface area contributed by atoms with Crippen molar-refractivity contribution < 1.29 is 22.9 Å². The van der Waals surface area contributed by atoms with Gasteiger partial charge in [0.1, 0.15) is 17.8 Å². The van der Waals surface area contributed by atoms with Crippen molar-refractivity contribution in [2.75, 3.05) is 31.1 Å². The number of carbonyl (C=O) groups is 1. The van der Waals surface area contributed by atoms with Gasteiger partial charge in [0.05, 0.1) is 23.5 Å². The molecule has 0 aliphatic carbocycles. The van der Waals surface area contributed by atoms with Gasteiger partial charge in [-0.05, 0) is 17.5 Å². The molecule has 0 aromatic carbocycles. The number of hydrogen-bond donors (Lipinski definition) is 0. The highest BCUT2D eigenvalue weighted by Gasteiger charge is 2.34. The molecule has 25 heavy (non-hydrogen) atoms. The number of pyridine rings is 1. The standard InChI is InChI=1S/C16H15ClF3N3OS/c17-12-9-11(16(18,19)20)10-21-14(12)22-4-2-5-23(7-6-22)15(24)13-3-1-8-25-13/h1,3,8-10H,2,4-7H2/p+1. The third-order valence-corrected chi connectivity index (χ3v) is 5.18. The summed E-state index contributed by atoms with van der Waals surface area (Å²) >= 11 is 7.45. The average molecular weight is 391 g/mol. The van der Waals surface area contributed by atoms with Crippen molar-refractivity contribution in [2.24, 2.45) is 0 Å². The molecule has 134 valence electrons. The molecule has 0 unspecified atom stereocenters. The SMILES string of the molecule is O=C(c1cccs1)N1CCCN(c2[nH+]cc(C(F)(F)F)cc2Cl)CC1. The zero-order chi connectivity index (χ0) is 18.0. The lowest BCUT2D eigenvalue weighted by Gasteiger charge is -2.19. The number of anilines is 1. The lowest BCUT2D eigenvalue weighted by atomic mass is 10.2. The van der Waals surface area contributed by atoms with Crippen LogP contribution in [0.15, 0.2) is 29.8 Å². The van der Waals surface area contributed by atoms with E-state index in [4.69, 9.17) is 11.6 Å².